The van der Waals surface area contributed by atoms with Crippen molar-refractivity contribution in [3.05, 3.63) is 63.7 Å². The molecule has 0 radical (unpaired) electrons. The summed E-state index contributed by atoms with van der Waals surface area (Å²) in [5.41, 5.74) is 0.334. The summed E-state index contributed by atoms with van der Waals surface area (Å²) in [4.78, 5) is 49.2. The molecule has 10 nitrogen and oxygen atoms in total. The number of amides is 4. The number of hydrogen-bond acceptors (Lipinski definition) is 6. The lowest BCUT2D eigenvalue weighted by molar-refractivity contribution is -0.384. The van der Waals surface area contributed by atoms with Crippen LogP contribution in [0.5, 0.6) is 5.75 Å². The number of nitrogens with one attached hydrogen (secondary N) is 2. The van der Waals surface area contributed by atoms with Gasteiger partial charge in [0.1, 0.15) is 17.8 Å². The summed E-state index contributed by atoms with van der Waals surface area (Å²) in [6.45, 7) is 3.12. The molecule has 10 heteroatoms. The number of methoxy groups -OCH3 is 1. The number of ether oxygens (including phenoxy) is 1. The second-order valence-electron chi connectivity index (χ2n) is 7.12. The van der Waals surface area contributed by atoms with Gasteiger partial charge in [-0.15, -0.1) is 0 Å². The van der Waals surface area contributed by atoms with Crippen LogP contribution in [0.15, 0.2) is 42.5 Å². The molecule has 1 aliphatic heterocycles. The van der Waals surface area contributed by atoms with E-state index in [1.54, 1.807) is 32.2 Å². The number of carbonyl (C=O) groups is 3. The predicted molar refractivity (Wildman–Crippen MR) is 112 cm³/mol. The van der Waals surface area contributed by atoms with Crippen LogP contribution in [0.4, 0.5) is 16.2 Å². The van der Waals surface area contributed by atoms with Gasteiger partial charge in [-0.2, -0.15) is 0 Å². The molecule has 2 N–H and O–H groups in total. The number of hydrogen-bond donors (Lipinski definition) is 2. The lowest BCUT2D eigenvalue weighted by atomic mass is 9.86. The Morgan fingerprint density at radius 3 is 2.45 bits per heavy atom. The van der Waals surface area contributed by atoms with Gasteiger partial charge >= 0.3 is 6.03 Å². The van der Waals surface area contributed by atoms with E-state index in [4.69, 9.17) is 4.74 Å². The van der Waals surface area contributed by atoms with Crippen molar-refractivity contribution < 1.29 is 24.0 Å². The highest BCUT2D eigenvalue weighted by atomic mass is 16.6. The fraction of sp³-hybridized carbons (Fsp3) is 0.286. The fourth-order valence-corrected chi connectivity index (χ4v) is 3.56. The van der Waals surface area contributed by atoms with Crippen molar-refractivity contribution in [2.45, 2.75) is 25.8 Å². The molecule has 2 aromatic rings. The van der Waals surface area contributed by atoms with Crippen LogP contribution in [-0.4, -0.2) is 41.3 Å². The topological polar surface area (TPSA) is 131 Å². The zero-order chi connectivity index (χ0) is 22.8. The van der Waals surface area contributed by atoms with Crippen molar-refractivity contribution in [2.75, 3.05) is 19.0 Å². The SMILES string of the molecule is CCC1(c2ccc(OC)c(C)c2)NC(=O)N(CC(=O)Nc2ccc([N+](=O)[O-])cc2)C1=O. The van der Waals surface area contributed by atoms with Crippen molar-refractivity contribution in [1.82, 2.24) is 10.2 Å². The maximum atomic E-state index is 13.2. The van der Waals surface area contributed by atoms with Crippen LogP contribution < -0.4 is 15.4 Å². The van der Waals surface area contributed by atoms with Crippen LogP contribution in [0.25, 0.3) is 0 Å². The second-order valence-corrected chi connectivity index (χ2v) is 7.12. The van der Waals surface area contributed by atoms with E-state index in [1.807, 2.05) is 6.92 Å². The van der Waals surface area contributed by atoms with Crippen molar-refractivity contribution in [3.8, 4) is 5.75 Å². The van der Waals surface area contributed by atoms with Gasteiger partial charge in [0.25, 0.3) is 11.6 Å². The molecule has 0 saturated carbocycles. The number of nitro benzene ring substituents is 1. The minimum Gasteiger partial charge on any atom is -0.496 e. The van der Waals surface area contributed by atoms with Crippen LogP contribution in [0, 0.1) is 17.0 Å². The van der Waals surface area contributed by atoms with E-state index in [0.29, 0.717) is 23.4 Å². The van der Waals surface area contributed by atoms with Crippen LogP contribution in [0.1, 0.15) is 24.5 Å². The maximum Gasteiger partial charge on any atom is 0.325 e. The smallest absolute Gasteiger partial charge is 0.325 e. The van der Waals surface area contributed by atoms with Gasteiger partial charge in [-0.05, 0) is 48.7 Å². The molecule has 0 bridgehead atoms. The Labute approximate surface area is 178 Å². The van der Waals surface area contributed by atoms with E-state index >= 15 is 0 Å². The predicted octanol–water partition coefficient (Wildman–Crippen LogP) is 2.71. The first-order valence-corrected chi connectivity index (χ1v) is 9.55. The Morgan fingerprint density at radius 2 is 1.90 bits per heavy atom. The third-order valence-electron chi connectivity index (χ3n) is 5.26. The molecule has 0 aromatic heterocycles. The largest absolute Gasteiger partial charge is 0.496 e. The van der Waals surface area contributed by atoms with Gasteiger partial charge in [0, 0.05) is 17.8 Å². The number of nitrogens with zero attached hydrogens (tertiary/aromatic N) is 2. The van der Waals surface area contributed by atoms with Gasteiger partial charge in [0.2, 0.25) is 5.91 Å². The summed E-state index contributed by atoms with van der Waals surface area (Å²) in [6.07, 6.45) is 0.295. The second kappa shape index (κ2) is 8.42. The number of urea groups is 1. The molecule has 162 valence electrons. The number of anilines is 1. The van der Waals surface area contributed by atoms with Crippen molar-refractivity contribution in [2.24, 2.45) is 0 Å². The van der Waals surface area contributed by atoms with Gasteiger partial charge in [-0.25, -0.2) is 4.79 Å². The summed E-state index contributed by atoms with van der Waals surface area (Å²) in [6, 6.07) is 9.80. The van der Waals surface area contributed by atoms with Crippen molar-refractivity contribution >= 4 is 29.2 Å². The van der Waals surface area contributed by atoms with Gasteiger partial charge in [0.05, 0.1) is 12.0 Å². The molecule has 2 aromatic carbocycles. The normalized spacial score (nSPS) is 18.0. The average molecular weight is 426 g/mol. The molecule has 0 spiro atoms. The van der Waals surface area contributed by atoms with Crippen LogP contribution in [-0.2, 0) is 15.1 Å². The number of non-ortho nitro benzene ring substituents is 1. The number of imide groups is 1. The zero-order valence-corrected chi connectivity index (χ0v) is 17.3. The molecular formula is C21H22N4O6. The molecular weight excluding hydrogens is 404 g/mol. The average Bonchev–Trinajstić information content (AvgIpc) is 2.99. The summed E-state index contributed by atoms with van der Waals surface area (Å²) < 4.78 is 5.25. The van der Waals surface area contributed by atoms with Crippen molar-refractivity contribution in [1.29, 1.82) is 0 Å². The highest BCUT2D eigenvalue weighted by molar-refractivity contribution is 6.10. The lowest BCUT2D eigenvalue weighted by Crippen LogP contribution is -2.44. The minimum absolute atomic E-state index is 0.116. The minimum atomic E-state index is -1.28. The Bertz CT molecular complexity index is 1050. The molecule has 31 heavy (non-hydrogen) atoms. The van der Waals surface area contributed by atoms with Gasteiger partial charge in [0.15, 0.2) is 0 Å². The molecule has 1 saturated heterocycles. The van der Waals surface area contributed by atoms with E-state index in [2.05, 4.69) is 10.6 Å². The van der Waals surface area contributed by atoms with E-state index in [-0.39, 0.29) is 5.69 Å². The molecule has 4 amide bonds. The molecule has 1 unspecified atom stereocenters. The first-order chi connectivity index (χ1) is 14.7. The summed E-state index contributed by atoms with van der Waals surface area (Å²) in [5.74, 6) is -0.468. The highest BCUT2D eigenvalue weighted by Gasteiger charge is 2.51. The van der Waals surface area contributed by atoms with Crippen LogP contribution in [0.2, 0.25) is 0 Å². The van der Waals surface area contributed by atoms with Crippen LogP contribution >= 0.6 is 0 Å². The molecule has 1 fully saturated rings. The van der Waals surface area contributed by atoms with Gasteiger partial charge in [-0.1, -0.05) is 13.0 Å². The Kier molecular flexibility index (Phi) is 5.91. The Morgan fingerprint density at radius 1 is 1.23 bits per heavy atom. The van der Waals surface area contributed by atoms with E-state index < -0.39 is 34.9 Å². The van der Waals surface area contributed by atoms with Gasteiger partial charge in [-0.3, -0.25) is 24.6 Å². The van der Waals surface area contributed by atoms with E-state index in [1.165, 1.54) is 24.3 Å². The molecule has 3 rings (SSSR count). The van der Waals surface area contributed by atoms with E-state index in [0.717, 1.165) is 10.5 Å². The van der Waals surface area contributed by atoms with E-state index in [9.17, 15) is 24.5 Å². The first kappa shape index (κ1) is 21.8. The van der Waals surface area contributed by atoms with Crippen LogP contribution in [0.3, 0.4) is 0 Å². The first-order valence-electron chi connectivity index (χ1n) is 9.55. The third-order valence-corrected chi connectivity index (χ3v) is 5.26. The van der Waals surface area contributed by atoms with Gasteiger partial charge < -0.3 is 15.4 Å². The summed E-state index contributed by atoms with van der Waals surface area (Å²) in [5, 5.41) is 16.0. The number of carbonyl (C=O) groups excluding carboxylic acids is 3. The number of nitro groups is 1. The van der Waals surface area contributed by atoms with Crippen molar-refractivity contribution in [3.63, 3.8) is 0 Å². The standard InChI is InChI=1S/C21H22N4O6/c1-4-21(14-5-10-17(31-3)13(2)11-14)19(27)24(20(28)23-21)12-18(26)22-15-6-8-16(9-7-15)25(29)30/h5-11H,4,12H2,1-3H3,(H,22,26)(H,23,28). The Hall–Kier alpha value is -3.95. The zero-order valence-electron chi connectivity index (χ0n) is 17.3. The third kappa shape index (κ3) is 4.04. The summed E-state index contributed by atoms with van der Waals surface area (Å²) >= 11 is 0. The fourth-order valence-electron chi connectivity index (χ4n) is 3.56. The number of benzene rings is 2. The number of aryl methyl sites for hydroxylation is 1. The maximum absolute atomic E-state index is 13.2. The molecule has 1 heterocycles. The monoisotopic (exact) mass is 426 g/mol. The highest BCUT2D eigenvalue weighted by Crippen LogP contribution is 2.34. The lowest BCUT2D eigenvalue weighted by Gasteiger charge is -2.26. The number of rotatable bonds is 7. The Balaban J connectivity index is 1.77. The summed E-state index contributed by atoms with van der Waals surface area (Å²) in [7, 11) is 1.55. The molecule has 0 aliphatic carbocycles. The quantitative estimate of drug-likeness (QED) is 0.398. The molecule has 1 aliphatic rings. The molecule has 1 atom stereocenters.